The smallest absolute Gasteiger partial charge is 0.261 e. The first-order valence-electron chi connectivity index (χ1n) is 10.5. The molecule has 0 spiro atoms. The van der Waals surface area contributed by atoms with Crippen molar-refractivity contribution in [3.63, 3.8) is 0 Å². The van der Waals surface area contributed by atoms with Gasteiger partial charge in [0.25, 0.3) is 11.8 Å². The molecule has 2 aromatic heterocycles. The number of benzene rings is 1. The summed E-state index contributed by atoms with van der Waals surface area (Å²) in [7, 11) is 0. The van der Waals surface area contributed by atoms with E-state index < -0.39 is 41.7 Å². The summed E-state index contributed by atoms with van der Waals surface area (Å²) in [5, 5.41) is 7.25. The fourth-order valence-corrected chi connectivity index (χ4v) is 3.75. The summed E-state index contributed by atoms with van der Waals surface area (Å²) in [5.41, 5.74) is -0.386. The van der Waals surface area contributed by atoms with Gasteiger partial charge in [0.2, 0.25) is 5.91 Å². The number of nitrogens with one attached hydrogen (secondary N) is 2. The number of thiophene rings is 1. The van der Waals surface area contributed by atoms with Crippen molar-refractivity contribution in [2.75, 3.05) is 11.4 Å². The molecule has 3 rings (SSSR count). The molecule has 2 N–H and O–H groups in total. The zero-order valence-electron chi connectivity index (χ0n) is 18.6. The third kappa shape index (κ3) is 6.07. The normalized spacial score (nSPS) is 12.1. The van der Waals surface area contributed by atoms with E-state index in [-0.39, 0.29) is 11.4 Å². The average molecular weight is 472 g/mol. The van der Waals surface area contributed by atoms with E-state index in [0.29, 0.717) is 11.3 Å². The maximum absolute atomic E-state index is 14.1. The Balaban J connectivity index is 1.97. The van der Waals surface area contributed by atoms with Crippen molar-refractivity contribution in [3.8, 4) is 0 Å². The maximum atomic E-state index is 14.1. The van der Waals surface area contributed by atoms with Crippen LogP contribution in [0.1, 0.15) is 48.7 Å². The van der Waals surface area contributed by atoms with Gasteiger partial charge in [0, 0.05) is 11.2 Å². The molecular formula is C24H26FN3O4S. The maximum Gasteiger partial charge on any atom is 0.261 e. The first kappa shape index (κ1) is 24.2. The fourth-order valence-electron chi connectivity index (χ4n) is 3.11. The highest BCUT2D eigenvalue weighted by atomic mass is 32.1. The Morgan fingerprint density at radius 2 is 1.94 bits per heavy atom. The van der Waals surface area contributed by atoms with Gasteiger partial charge in [0.1, 0.15) is 11.6 Å². The Bertz CT molecular complexity index is 1100. The Hall–Kier alpha value is -3.46. The number of furan rings is 1. The molecule has 3 amide bonds. The van der Waals surface area contributed by atoms with Crippen molar-refractivity contribution in [2.45, 2.75) is 38.8 Å². The van der Waals surface area contributed by atoms with Crippen molar-refractivity contribution in [2.24, 2.45) is 0 Å². The third-order valence-electron chi connectivity index (χ3n) is 5.16. The van der Waals surface area contributed by atoms with Crippen LogP contribution in [0.4, 0.5) is 10.1 Å². The number of hydrogen-bond acceptors (Lipinski definition) is 5. The van der Waals surface area contributed by atoms with Gasteiger partial charge in [-0.15, -0.1) is 11.3 Å². The summed E-state index contributed by atoms with van der Waals surface area (Å²) in [6.45, 7) is 5.26. The fraction of sp³-hybridized carbons (Fsp3) is 0.292. The highest BCUT2D eigenvalue weighted by Gasteiger charge is 2.37. The topological polar surface area (TPSA) is 91.7 Å². The van der Waals surface area contributed by atoms with Crippen LogP contribution in [-0.4, -0.2) is 29.8 Å². The predicted octanol–water partition coefficient (Wildman–Crippen LogP) is 4.29. The molecule has 0 radical (unpaired) electrons. The van der Waals surface area contributed by atoms with Crippen LogP contribution in [0.3, 0.4) is 0 Å². The third-order valence-corrected chi connectivity index (χ3v) is 6.03. The molecule has 0 saturated carbocycles. The van der Waals surface area contributed by atoms with E-state index in [1.54, 1.807) is 29.6 Å². The number of amides is 3. The Kier molecular flexibility index (Phi) is 7.65. The van der Waals surface area contributed by atoms with E-state index in [9.17, 15) is 18.8 Å². The number of carbonyl (C=O) groups excluding carboxylic acids is 3. The summed E-state index contributed by atoms with van der Waals surface area (Å²) >= 11 is 1.24. The molecule has 0 bridgehead atoms. The van der Waals surface area contributed by atoms with Crippen molar-refractivity contribution in [1.82, 2.24) is 10.6 Å². The summed E-state index contributed by atoms with van der Waals surface area (Å²) in [4.78, 5) is 40.7. The SMILES string of the molecule is CCC(C)(C)NC(=O)[C@H](c1ccco1)N(C(=O)CNC(=O)c1cccs1)c1cccc(F)c1. The number of anilines is 1. The van der Waals surface area contributed by atoms with E-state index in [2.05, 4.69) is 10.6 Å². The molecule has 0 aliphatic heterocycles. The highest BCUT2D eigenvalue weighted by molar-refractivity contribution is 7.12. The predicted molar refractivity (Wildman–Crippen MR) is 124 cm³/mol. The first-order chi connectivity index (χ1) is 15.7. The van der Waals surface area contributed by atoms with Crippen molar-refractivity contribution < 1.29 is 23.2 Å². The van der Waals surface area contributed by atoms with Gasteiger partial charge in [0.15, 0.2) is 6.04 Å². The minimum atomic E-state index is -1.21. The second-order valence-corrected chi connectivity index (χ2v) is 9.00. The van der Waals surface area contributed by atoms with Gasteiger partial charge in [-0.3, -0.25) is 19.3 Å². The average Bonchev–Trinajstić information content (AvgIpc) is 3.49. The quantitative estimate of drug-likeness (QED) is 0.487. The summed E-state index contributed by atoms with van der Waals surface area (Å²) < 4.78 is 19.6. The van der Waals surface area contributed by atoms with Crippen LogP contribution in [0, 0.1) is 5.82 Å². The lowest BCUT2D eigenvalue weighted by atomic mass is 10.0. The number of hydrogen-bond donors (Lipinski definition) is 2. The lowest BCUT2D eigenvalue weighted by molar-refractivity contribution is -0.128. The van der Waals surface area contributed by atoms with Crippen LogP contribution in [0.5, 0.6) is 0 Å². The summed E-state index contributed by atoms with van der Waals surface area (Å²) in [6.07, 6.45) is 2.04. The van der Waals surface area contributed by atoms with E-state index in [1.807, 2.05) is 20.8 Å². The van der Waals surface area contributed by atoms with Crippen LogP contribution in [-0.2, 0) is 9.59 Å². The molecule has 1 atom stereocenters. The lowest BCUT2D eigenvalue weighted by Crippen LogP contribution is -2.52. The first-order valence-corrected chi connectivity index (χ1v) is 11.3. The number of carbonyl (C=O) groups is 3. The Morgan fingerprint density at radius 1 is 1.15 bits per heavy atom. The molecule has 3 aromatic rings. The van der Waals surface area contributed by atoms with E-state index in [4.69, 9.17) is 4.42 Å². The van der Waals surface area contributed by atoms with E-state index >= 15 is 0 Å². The molecule has 9 heteroatoms. The van der Waals surface area contributed by atoms with Gasteiger partial charge in [-0.1, -0.05) is 19.1 Å². The highest BCUT2D eigenvalue weighted by Crippen LogP contribution is 2.29. The lowest BCUT2D eigenvalue weighted by Gasteiger charge is -2.33. The van der Waals surface area contributed by atoms with Crippen LogP contribution in [0.15, 0.2) is 64.6 Å². The largest absolute Gasteiger partial charge is 0.467 e. The zero-order chi connectivity index (χ0) is 24.0. The molecule has 174 valence electrons. The van der Waals surface area contributed by atoms with Crippen LogP contribution < -0.4 is 15.5 Å². The number of nitrogens with zero attached hydrogens (tertiary/aromatic N) is 1. The van der Waals surface area contributed by atoms with Gasteiger partial charge in [-0.2, -0.15) is 0 Å². The van der Waals surface area contributed by atoms with Gasteiger partial charge in [-0.25, -0.2) is 4.39 Å². The van der Waals surface area contributed by atoms with E-state index in [1.165, 1.54) is 35.8 Å². The zero-order valence-corrected chi connectivity index (χ0v) is 19.4. The molecule has 7 nitrogen and oxygen atoms in total. The van der Waals surface area contributed by atoms with Crippen LogP contribution >= 0.6 is 11.3 Å². The monoisotopic (exact) mass is 471 g/mol. The molecule has 0 aliphatic carbocycles. The minimum absolute atomic E-state index is 0.163. The van der Waals surface area contributed by atoms with E-state index in [0.717, 1.165) is 11.0 Å². The molecule has 0 saturated heterocycles. The molecule has 1 aromatic carbocycles. The van der Waals surface area contributed by atoms with Crippen LogP contribution in [0.2, 0.25) is 0 Å². The minimum Gasteiger partial charge on any atom is -0.467 e. The molecule has 2 heterocycles. The molecule has 33 heavy (non-hydrogen) atoms. The van der Waals surface area contributed by atoms with Gasteiger partial charge in [-0.05, 0) is 62.0 Å². The Labute approximate surface area is 195 Å². The summed E-state index contributed by atoms with van der Waals surface area (Å²) in [6, 6.07) is 10.7. The molecule has 0 fully saturated rings. The summed E-state index contributed by atoms with van der Waals surface area (Å²) in [5.74, 6) is -1.86. The van der Waals surface area contributed by atoms with Crippen LogP contribution in [0.25, 0.3) is 0 Å². The second kappa shape index (κ2) is 10.4. The number of rotatable bonds is 9. The Morgan fingerprint density at radius 3 is 2.55 bits per heavy atom. The molecule has 0 aliphatic rings. The molecular weight excluding hydrogens is 445 g/mol. The van der Waals surface area contributed by atoms with Gasteiger partial charge in [0.05, 0.1) is 17.7 Å². The van der Waals surface area contributed by atoms with Crippen molar-refractivity contribution in [3.05, 3.63) is 76.6 Å². The second-order valence-electron chi connectivity index (χ2n) is 8.05. The van der Waals surface area contributed by atoms with Gasteiger partial charge < -0.3 is 15.1 Å². The standard InChI is InChI=1S/C24H26FN3O4S/c1-4-24(2,3)27-23(31)21(18-10-6-12-32-18)28(17-9-5-8-16(25)14-17)20(29)15-26-22(30)19-11-7-13-33-19/h5-14,21H,4,15H2,1-3H3,(H,26,30)(H,27,31)/t21-/m0/s1. The van der Waals surface area contributed by atoms with Gasteiger partial charge >= 0.3 is 0 Å². The molecule has 0 unspecified atom stereocenters. The number of halogens is 1. The van der Waals surface area contributed by atoms with Crippen molar-refractivity contribution >= 4 is 34.7 Å². The van der Waals surface area contributed by atoms with Crippen molar-refractivity contribution in [1.29, 1.82) is 0 Å².